The normalized spacial score (nSPS) is 11.4. The van der Waals surface area contributed by atoms with Crippen molar-refractivity contribution in [3.05, 3.63) is 51.4 Å². The third-order valence-electron chi connectivity index (χ3n) is 4.62. The summed E-state index contributed by atoms with van der Waals surface area (Å²) in [4.78, 5) is 30.8. The summed E-state index contributed by atoms with van der Waals surface area (Å²) in [5.74, 6) is 0.937. The minimum atomic E-state index is -0.389. The zero-order chi connectivity index (χ0) is 19.6. The largest absolute Gasteiger partial charge is 0.495 e. The molecule has 2 heterocycles. The van der Waals surface area contributed by atoms with E-state index in [1.54, 1.807) is 25.6 Å². The third kappa shape index (κ3) is 3.41. The molecule has 0 aliphatic rings. The molecule has 0 saturated heterocycles. The van der Waals surface area contributed by atoms with Crippen LogP contribution in [0.3, 0.4) is 0 Å². The van der Waals surface area contributed by atoms with Crippen molar-refractivity contribution in [2.24, 2.45) is 5.92 Å². The average Bonchev–Trinajstić information content (AvgIpc) is 3.06. The molecule has 0 aliphatic carbocycles. The number of ether oxygens (including phenoxy) is 1. The summed E-state index contributed by atoms with van der Waals surface area (Å²) in [5.41, 5.74) is 0.719. The molecule has 7 nitrogen and oxygen atoms in total. The summed E-state index contributed by atoms with van der Waals surface area (Å²) in [6.45, 7) is 7.23. The molecule has 144 valence electrons. The molecule has 0 spiro atoms. The highest BCUT2D eigenvalue weighted by atomic mass is 16.5. The molecular formula is C20H26N4O3. The zero-order valence-corrected chi connectivity index (χ0v) is 16.3. The number of imidazole rings is 1. The highest BCUT2D eigenvalue weighted by Gasteiger charge is 2.20. The van der Waals surface area contributed by atoms with Crippen molar-refractivity contribution in [1.29, 1.82) is 0 Å². The van der Waals surface area contributed by atoms with E-state index in [0.29, 0.717) is 41.6 Å². The molecular weight excluding hydrogens is 344 g/mol. The zero-order valence-electron chi connectivity index (χ0n) is 16.3. The molecule has 0 amide bonds. The van der Waals surface area contributed by atoms with Crippen molar-refractivity contribution in [3.63, 3.8) is 0 Å². The lowest BCUT2D eigenvalue weighted by atomic mass is 10.1. The van der Waals surface area contributed by atoms with E-state index in [4.69, 9.17) is 4.74 Å². The summed E-state index contributed by atoms with van der Waals surface area (Å²) in [5, 5.41) is 0. The van der Waals surface area contributed by atoms with E-state index in [1.165, 1.54) is 9.13 Å². The molecule has 27 heavy (non-hydrogen) atoms. The maximum atomic E-state index is 13.3. The van der Waals surface area contributed by atoms with Crippen LogP contribution in [0.15, 0.2) is 40.2 Å². The van der Waals surface area contributed by atoms with Crippen LogP contribution >= 0.6 is 0 Å². The van der Waals surface area contributed by atoms with E-state index in [-0.39, 0.29) is 11.2 Å². The first-order valence-corrected chi connectivity index (χ1v) is 9.33. The van der Waals surface area contributed by atoms with Gasteiger partial charge in [-0.15, -0.1) is 0 Å². The Labute approximate surface area is 157 Å². The lowest BCUT2D eigenvalue weighted by Crippen LogP contribution is -2.40. The second kappa shape index (κ2) is 7.82. The molecule has 0 unspecified atom stereocenters. The Morgan fingerprint density at radius 1 is 1.15 bits per heavy atom. The fraction of sp³-hybridized carbons (Fsp3) is 0.450. The Hall–Kier alpha value is -2.83. The number of aryl methyl sites for hydroxylation is 1. The smallest absolute Gasteiger partial charge is 0.337 e. The van der Waals surface area contributed by atoms with Crippen LogP contribution < -0.4 is 16.0 Å². The van der Waals surface area contributed by atoms with Crippen molar-refractivity contribution in [2.45, 2.75) is 46.7 Å². The first-order chi connectivity index (χ1) is 13.0. The van der Waals surface area contributed by atoms with Crippen molar-refractivity contribution in [3.8, 4) is 11.4 Å². The van der Waals surface area contributed by atoms with Gasteiger partial charge in [-0.05, 0) is 30.9 Å². The number of hydrogen-bond acceptors (Lipinski definition) is 4. The second-order valence-electron chi connectivity index (χ2n) is 7.04. The molecule has 0 bridgehead atoms. The predicted molar refractivity (Wildman–Crippen MR) is 106 cm³/mol. The Morgan fingerprint density at radius 3 is 2.56 bits per heavy atom. The summed E-state index contributed by atoms with van der Waals surface area (Å²) in [6, 6.07) is 7.27. The summed E-state index contributed by atoms with van der Waals surface area (Å²) >= 11 is 0. The van der Waals surface area contributed by atoms with Crippen LogP contribution in [0.2, 0.25) is 0 Å². The molecule has 0 atom stereocenters. The maximum absolute atomic E-state index is 13.3. The Morgan fingerprint density at radius 2 is 1.89 bits per heavy atom. The predicted octanol–water partition coefficient (Wildman–Crippen LogP) is 2.81. The van der Waals surface area contributed by atoms with E-state index in [2.05, 4.69) is 18.8 Å². The number of nitrogens with zero attached hydrogens (tertiary/aromatic N) is 4. The van der Waals surface area contributed by atoms with Gasteiger partial charge in [-0.3, -0.25) is 9.36 Å². The molecule has 0 saturated carbocycles. The van der Waals surface area contributed by atoms with Crippen LogP contribution in [0, 0.1) is 5.92 Å². The fourth-order valence-electron chi connectivity index (χ4n) is 3.21. The third-order valence-corrected chi connectivity index (χ3v) is 4.62. The van der Waals surface area contributed by atoms with E-state index in [1.807, 2.05) is 23.6 Å². The molecule has 3 aromatic rings. The van der Waals surface area contributed by atoms with Crippen molar-refractivity contribution >= 4 is 11.2 Å². The van der Waals surface area contributed by atoms with E-state index >= 15 is 0 Å². The minimum absolute atomic E-state index is 0.284. The van der Waals surface area contributed by atoms with Crippen LogP contribution in [0.5, 0.6) is 5.75 Å². The number of aromatic nitrogens is 4. The van der Waals surface area contributed by atoms with Gasteiger partial charge >= 0.3 is 5.69 Å². The topological polar surface area (TPSA) is 71.0 Å². The Balaban J connectivity index is 2.38. The van der Waals surface area contributed by atoms with Crippen molar-refractivity contribution in [1.82, 2.24) is 18.7 Å². The number of hydrogen-bond donors (Lipinski definition) is 0. The van der Waals surface area contributed by atoms with Gasteiger partial charge in [-0.2, -0.15) is 0 Å². The quantitative estimate of drug-likeness (QED) is 0.641. The molecule has 0 N–H and O–H groups in total. The molecule has 0 fully saturated rings. The van der Waals surface area contributed by atoms with E-state index in [9.17, 15) is 9.59 Å². The van der Waals surface area contributed by atoms with Crippen molar-refractivity contribution < 1.29 is 4.74 Å². The number of benzene rings is 1. The monoisotopic (exact) mass is 370 g/mol. The first kappa shape index (κ1) is 18.9. The van der Waals surface area contributed by atoms with Crippen LogP contribution in [0.4, 0.5) is 0 Å². The fourth-order valence-corrected chi connectivity index (χ4v) is 3.21. The number of rotatable bonds is 7. The van der Waals surface area contributed by atoms with E-state index < -0.39 is 0 Å². The molecule has 2 aromatic heterocycles. The number of fused-ring (bicyclic) bond motifs is 1. The van der Waals surface area contributed by atoms with Crippen LogP contribution in [-0.4, -0.2) is 25.8 Å². The average molecular weight is 370 g/mol. The van der Waals surface area contributed by atoms with Gasteiger partial charge in [-0.1, -0.05) is 32.9 Å². The standard InChI is InChI=1S/C20H26N4O3/c1-5-11-22-13-21-18-17(22)19(25)23(12-10-14(2)3)20(26)24(18)15-8-6-7-9-16(15)27-4/h6-9,13-14H,5,10-12H2,1-4H3. The van der Waals surface area contributed by atoms with Gasteiger partial charge in [-0.25, -0.2) is 14.3 Å². The minimum Gasteiger partial charge on any atom is -0.495 e. The summed E-state index contributed by atoms with van der Waals surface area (Å²) < 4.78 is 10.1. The van der Waals surface area contributed by atoms with Gasteiger partial charge < -0.3 is 9.30 Å². The molecule has 0 aliphatic heterocycles. The SMILES string of the molecule is CCCn1cnc2c1c(=O)n(CCC(C)C)c(=O)n2-c1ccccc1OC. The molecule has 1 aromatic carbocycles. The van der Waals surface area contributed by atoms with Gasteiger partial charge in [0.25, 0.3) is 5.56 Å². The summed E-state index contributed by atoms with van der Waals surface area (Å²) in [7, 11) is 1.56. The van der Waals surface area contributed by atoms with Gasteiger partial charge in [0.1, 0.15) is 5.75 Å². The van der Waals surface area contributed by atoms with Gasteiger partial charge in [0.15, 0.2) is 11.2 Å². The first-order valence-electron chi connectivity index (χ1n) is 9.33. The van der Waals surface area contributed by atoms with Gasteiger partial charge in [0, 0.05) is 13.1 Å². The lowest BCUT2D eigenvalue weighted by Gasteiger charge is -2.15. The second-order valence-corrected chi connectivity index (χ2v) is 7.04. The van der Waals surface area contributed by atoms with Gasteiger partial charge in [0.2, 0.25) is 0 Å². The summed E-state index contributed by atoms with van der Waals surface area (Å²) in [6.07, 6.45) is 3.24. The van der Waals surface area contributed by atoms with E-state index in [0.717, 1.165) is 12.8 Å². The highest BCUT2D eigenvalue weighted by Crippen LogP contribution is 2.23. The number of para-hydroxylation sites is 2. The van der Waals surface area contributed by atoms with Crippen LogP contribution in [0.1, 0.15) is 33.6 Å². The van der Waals surface area contributed by atoms with Crippen molar-refractivity contribution in [2.75, 3.05) is 7.11 Å². The Kier molecular flexibility index (Phi) is 5.48. The highest BCUT2D eigenvalue weighted by molar-refractivity contribution is 5.73. The van der Waals surface area contributed by atoms with Gasteiger partial charge in [0.05, 0.1) is 19.1 Å². The Bertz CT molecular complexity index is 1060. The number of methoxy groups -OCH3 is 1. The van der Waals surface area contributed by atoms with Crippen LogP contribution in [-0.2, 0) is 13.1 Å². The lowest BCUT2D eigenvalue weighted by molar-refractivity contribution is 0.412. The molecule has 3 rings (SSSR count). The molecule has 7 heteroatoms. The maximum Gasteiger partial charge on any atom is 0.337 e. The molecule has 0 radical (unpaired) electrons. The van der Waals surface area contributed by atoms with Crippen LogP contribution in [0.25, 0.3) is 16.9 Å².